The number of halogens is 1. The molecule has 0 aliphatic heterocycles. The molecule has 14 heavy (non-hydrogen) atoms. The van der Waals surface area contributed by atoms with E-state index in [0.717, 1.165) is 17.4 Å². The highest BCUT2D eigenvalue weighted by Gasteiger charge is 1.99. The molecule has 2 aromatic heterocycles. The Bertz CT molecular complexity index is 397. The van der Waals surface area contributed by atoms with E-state index in [2.05, 4.69) is 26.0 Å². The van der Waals surface area contributed by atoms with E-state index in [9.17, 15) is 0 Å². The van der Waals surface area contributed by atoms with Gasteiger partial charge < -0.3 is 0 Å². The van der Waals surface area contributed by atoms with E-state index >= 15 is 0 Å². The minimum absolute atomic E-state index is 0.964. The monoisotopic (exact) mass is 251 g/mol. The van der Waals surface area contributed by atoms with Crippen LogP contribution in [-0.4, -0.2) is 20.1 Å². The van der Waals surface area contributed by atoms with Crippen molar-refractivity contribution < 1.29 is 0 Å². The number of alkyl halides is 1. The summed E-state index contributed by atoms with van der Waals surface area (Å²) < 4.78 is 1.84. The molecule has 4 heteroatoms. The molecule has 0 aliphatic carbocycles. The third-order valence-electron chi connectivity index (χ3n) is 1.93. The Kier molecular flexibility index (Phi) is 2.93. The van der Waals surface area contributed by atoms with E-state index in [1.807, 2.05) is 29.2 Å². The molecule has 2 rings (SSSR count). The fourth-order valence-electron chi connectivity index (χ4n) is 1.23. The maximum absolute atomic E-state index is 4.26. The van der Waals surface area contributed by atoms with Crippen molar-refractivity contribution in [1.82, 2.24) is 14.8 Å². The van der Waals surface area contributed by atoms with Gasteiger partial charge in [0.05, 0.1) is 18.1 Å². The molecule has 0 unspecified atom stereocenters. The molecule has 0 spiro atoms. The first-order valence-electron chi connectivity index (χ1n) is 4.40. The Morgan fingerprint density at radius 3 is 3.00 bits per heavy atom. The van der Waals surface area contributed by atoms with Crippen LogP contribution in [-0.2, 0) is 6.42 Å². The molecule has 0 bridgehead atoms. The quantitative estimate of drug-likeness (QED) is 0.784. The highest BCUT2D eigenvalue weighted by molar-refractivity contribution is 9.09. The summed E-state index contributed by atoms with van der Waals surface area (Å²) in [5, 5.41) is 5.22. The van der Waals surface area contributed by atoms with Crippen molar-refractivity contribution in [3.05, 3.63) is 42.5 Å². The second kappa shape index (κ2) is 4.37. The normalized spacial score (nSPS) is 10.4. The third-order valence-corrected chi connectivity index (χ3v) is 2.33. The number of nitrogens with zero attached hydrogens (tertiary/aromatic N) is 3. The second-order valence-corrected chi connectivity index (χ2v) is 3.74. The van der Waals surface area contributed by atoms with E-state index in [1.54, 1.807) is 12.4 Å². The van der Waals surface area contributed by atoms with Gasteiger partial charge in [-0.15, -0.1) is 0 Å². The molecule has 0 amide bonds. The molecule has 0 aromatic carbocycles. The third kappa shape index (κ3) is 2.01. The second-order valence-electron chi connectivity index (χ2n) is 2.94. The number of rotatable bonds is 3. The van der Waals surface area contributed by atoms with Crippen LogP contribution < -0.4 is 0 Å². The van der Waals surface area contributed by atoms with Crippen LogP contribution >= 0.6 is 15.9 Å². The number of hydrogen-bond donors (Lipinski definition) is 0. The minimum atomic E-state index is 0.964. The molecule has 0 radical (unpaired) electrons. The van der Waals surface area contributed by atoms with Gasteiger partial charge >= 0.3 is 0 Å². The molecule has 0 aliphatic rings. The van der Waals surface area contributed by atoms with Crippen molar-refractivity contribution in [3.63, 3.8) is 0 Å². The van der Waals surface area contributed by atoms with Gasteiger partial charge in [-0.05, 0) is 24.1 Å². The standard InChI is InChI=1S/C10H10BrN3/c11-4-3-9-6-13-14(8-9)10-2-1-5-12-7-10/h1-2,5-8H,3-4H2. The van der Waals surface area contributed by atoms with Crippen molar-refractivity contribution in [1.29, 1.82) is 0 Å². The van der Waals surface area contributed by atoms with E-state index in [0.29, 0.717) is 0 Å². The summed E-state index contributed by atoms with van der Waals surface area (Å²) in [7, 11) is 0. The average Bonchev–Trinajstić information content (AvgIpc) is 2.68. The van der Waals surface area contributed by atoms with Crippen molar-refractivity contribution in [2.45, 2.75) is 6.42 Å². The van der Waals surface area contributed by atoms with Gasteiger partial charge in [-0.3, -0.25) is 4.98 Å². The SMILES string of the molecule is BrCCc1cnn(-c2cccnc2)c1. The Morgan fingerprint density at radius 1 is 1.36 bits per heavy atom. The van der Waals surface area contributed by atoms with Crippen LogP contribution in [0.1, 0.15) is 5.56 Å². The highest BCUT2D eigenvalue weighted by Crippen LogP contribution is 2.07. The lowest BCUT2D eigenvalue weighted by atomic mass is 10.3. The molecule has 2 aromatic rings. The summed E-state index contributed by atoms with van der Waals surface area (Å²) in [6, 6.07) is 3.89. The van der Waals surface area contributed by atoms with E-state index in [1.165, 1.54) is 5.56 Å². The van der Waals surface area contributed by atoms with Crippen LogP contribution in [0.5, 0.6) is 0 Å². The predicted molar refractivity (Wildman–Crippen MR) is 58.9 cm³/mol. The molecule has 0 saturated heterocycles. The van der Waals surface area contributed by atoms with Gasteiger partial charge in [0.2, 0.25) is 0 Å². The molecule has 2 heterocycles. The zero-order valence-electron chi connectivity index (χ0n) is 7.60. The maximum atomic E-state index is 4.26. The largest absolute Gasteiger partial charge is 0.262 e. The fraction of sp³-hybridized carbons (Fsp3) is 0.200. The topological polar surface area (TPSA) is 30.7 Å². The highest BCUT2D eigenvalue weighted by atomic mass is 79.9. The van der Waals surface area contributed by atoms with Crippen molar-refractivity contribution in [2.24, 2.45) is 0 Å². The lowest BCUT2D eigenvalue weighted by molar-refractivity contribution is 0.873. The molecular formula is C10H10BrN3. The maximum Gasteiger partial charge on any atom is 0.0828 e. The van der Waals surface area contributed by atoms with E-state index in [-0.39, 0.29) is 0 Å². The molecule has 0 fully saturated rings. The van der Waals surface area contributed by atoms with Crippen molar-refractivity contribution >= 4 is 15.9 Å². The zero-order chi connectivity index (χ0) is 9.80. The van der Waals surface area contributed by atoms with Crippen LogP contribution in [0.2, 0.25) is 0 Å². The number of hydrogen-bond acceptors (Lipinski definition) is 2. The minimum Gasteiger partial charge on any atom is -0.262 e. The van der Waals surface area contributed by atoms with Crippen molar-refractivity contribution in [2.75, 3.05) is 5.33 Å². The Morgan fingerprint density at radius 2 is 2.29 bits per heavy atom. The fourth-order valence-corrected chi connectivity index (χ4v) is 1.69. The summed E-state index contributed by atoms with van der Waals surface area (Å²) in [4.78, 5) is 4.05. The molecule has 0 saturated carbocycles. The summed E-state index contributed by atoms with van der Waals surface area (Å²) in [6.45, 7) is 0. The molecule has 72 valence electrons. The molecule has 3 nitrogen and oxygen atoms in total. The molecule has 0 atom stereocenters. The molecule has 0 N–H and O–H groups in total. The van der Waals surface area contributed by atoms with Crippen LogP contribution in [0.15, 0.2) is 36.9 Å². The lowest BCUT2D eigenvalue weighted by Crippen LogP contribution is -1.93. The van der Waals surface area contributed by atoms with Crippen LogP contribution in [0, 0.1) is 0 Å². The first kappa shape index (κ1) is 9.40. The van der Waals surface area contributed by atoms with E-state index in [4.69, 9.17) is 0 Å². The zero-order valence-corrected chi connectivity index (χ0v) is 9.18. The van der Waals surface area contributed by atoms with Crippen molar-refractivity contribution in [3.8, 4) is 5.69 Å². The van der Waals surface area contributed by atoms with Crippen LogP contribution in [0.3, 0.4) is 0 Å². The predicted octanol–water partition coefficient (Wildman–Crippen LogP) is 2.20. The summed E-state index contributed by atoms with van der Waals surface area (Å²) in [5.41, 5.74) is 2.22. The molecular weight excluding hydrogens is 242 g/mol. The van der Waals surface area contributed by atoms with Gasteiger partial charge in [0.15, 0.2) is 0 Å². The van der Waals surface area contributed by atoms with Gasteiger partial charge in [-0.1, -0.05) is 15.9 Å². The summed E-state index contributed by atoms with van der Waals surface area (Å²) in [5.74, 6) is 0. The Labute approximate surface area is 90.9 Å². The van der Waals surface area contributed by atoms with Gasteiger partial charge in [0, 0.05) is 17.7 Å². The number of aryl methyl sites for hydroxylation is 1. The number of pyridine rings is 1. The first-order valence-corrected chi connectivity index (χ1v) is 5.52. The Balaban J connectivity index is 2.25. The van der Waals surface area contributed by atoms with Gasteiger partial charge in [0.25, 0.3) is 0 Å². The smallest absolute Gasteiger partial charge is 0.0828 e. The summed E-state index contributed by atoms with van der Waals surface area (Å²) in [6.07, 6.45) is 8.46. The van der Waals surface area contributed by atoms with Crippen LogP contribution in [0.25, 0.3) is 5.69 Å². The van der Waals surface area contributed by atoms with Crippen LogP contribution in [0.4, 0.5) is 0 Å². The Hall–Kier alpha value is -1.16. The van der Waals surface area contributed by atoms with Gasteiger partial charge in [-0.2, -0.15) is 5.10 Å². The summed E-state index contributed by atoms with van der Waals surface area (Å²) >= 11 is 3.40. The van der Waals surface area contributed by atoms with Gasteiger partial charge in [0.1, 0.15) is 0 Å². The average molecular weight is 252 g/mol. The first-order chi connectivity index (χ1) is 6.90. The van der Waals surface area contributed by atoms with Gasteiger partial charge in [-0.25, -0.2) is 4.68 Å². The lowest BCUT2D eigenvalue weighted by Gasteiger charge is -1.97. The van der Waals surface area contributed by atoms with E-state index < -0.39 is 0 Å². The number of aromatic nitrogens is 3.